The first-order valence-electron chi connectivity index (χ1n) is 7.84. The number of H-pyrrole nitrogens is 1. The Morgan fingerprint density at radius 3 is 2.72 bits per heavy atom. The molecule has 0 spiro atoms. The second kappa shape index (κ2) is 6.92. The van der Waals surface area contributed by atoms with Crippen molar-refractivity contribution in [3.8, 4) is 11.1 Å². The molecule has 4 rings (SSSR count). The maximum absolute atomic E-state index is 9.42. The zero-order valence-corrected chi connectivity index (χ0v) is 14.8. The van der Waals surface area contributed by atoms with E-state index in [1.807, 2.05) is 54.7 Å². The number of benzene rings is 2. The Morgan fingerprint density at radius 2 is 1.92 bits per heavy atom. The minimum absolute atomic E-state index is 0.0294. The van der Waals surface area contributed by atoms with Gasteiger partial charge in [-0.3, -0.25) is 0 Å². The van der Waals surface area contributed by atoms with Gasteiger partial charge in [-0.15, -0.1) is 0 Å². The number of halogens is 1. The van der Waals surface area contributed by atoms with Crippen LogP contribution in [0.25, 0.3) is 22.2 Å². The van der Waals surface area contributed by atoms with Crippen molar-refractivity contribution in [2.24, 2.45) is 0 Å². The normalized spacial score (nSPS) is 11.1. The fraction of sp³-hybridized carbons (Fsp3) is 0.0500. The Morgan fingerprint density at radius 1 is 1.08 bits per heavy atom. The van der Waals surface area contributed by atoms with Crippen LogP contribution < -0.4 is 0 Å². The Kier molecular flexibility index (Phi) is 4.49. The van der Waals surface area contributed by atoms with E-state index < -0.39 is 0 Å². The lowest BCUT2D eigenvalue weighted by molar-refractivity contribution is 0.282. The number of aromatic nitrogens is 2. The highest BCUT2D eigenvalue weighted by atomic mass is 35.5. The molecular weight excluding hydrogens is 352 g/mol. The summed E-state index contributed by atoms with van der Waals surface area (Å²) in [6, 6.07) is 17.8. The van der Waals surface area contributed by atoms with Crippen molar-refractivity contribution >= 4 is 34.4 Å². The highest BCUT2D eigenvalue weighted by Gasteiger charge is 2.13. The molecule has 0 saturated heterocycles. The van der Waals surface area contributed by atoms with Crippen LogP contribution in [0.4, 0.5) is 0 Å². The molecule has 0 saturated carbocycles. The summed E-state index contributed by atoms with van der Waals surface area (Å²) in [4.78, 5) is 9.92. The molecule has 124 valence electrons. The monoisotopic (exact) mass is 366 g/mol. The lowest BCUT2D eigenvalue weighted by Gasteiger charge is -2.08. The van der Waals surface area contributed by atoms with E-state index in [0.29, 0.717) is 0 Å². The summed E-state index contributed by atoms with van der Waals surface area (Å²) in [6.45, 7) is 0.0294. The van der Waals surface area contributed by atoms with Crippen LogP contribution in [0.15, 0.2) is 76.8 Å². The van der Waals surface area contributed by atoms with Crippen molar-refractivity contribution in [3.05, 3.63) is 77.6 Å². The van der Waals surface area contributed by atoms with Crippen LogP contribution in [-0.2, 0) is 6.61 Å². The average Bonchev–Trinajstić information content (AvgIpc) is 3.07. The Balaban J connectivity index is 1.82. The SMILES string of the molecule is OCc1cccc(-c2ccnc3[nH]cc(Sc4ccc(Cl)cc4)c23)c1. The van der Waals surface area contributed by atoms with Crippen LogP contribution in [0, 0.1) is 0 Å². The third-order valence-corrected chi connectivity index (χ3v) is 5.30. The Labute approximate surface area is 154 Å². The van der Waals surface area contributed by atoms with Gasteiger partial charge in [0, 0.05) is 32.6 Å². The van der Waals surface area contributed by atoms with E-state index >= 15 is 0 Å². The summed E-state index contributed by atoms with van der Waals surface area (Å²) < 4.78 is 0. The highest BCUT2D eigenvalue weighted by molar-refractivity contribution is 7.99. The number of rotatable bonds is 4. The fourth-order valence-electron chi connectivity index (χ4n) is 2.81. The lowest BCUT2D eigenvalue weighted by Crippen LogP contribution is -1.87. The molecule has 0 aliphatic rings. The van der Waals surface area contributed by atoms with Gasteiger partial charge in [0.05, 0.1) is 6.61 Å². The lowest BCUT2D eigenvalue weighted by atomic mass is 10.0. The minimum Gasteiger partial charge on any atom is -0.392 e. The van der Waals surface area contributed by atoms with Gasteiger partial charge in [-0.25, -0.2) is 4.98 Å². The summed E-state index contributed by atoms with van der Waals surface area (Å²) in [7, 11) is 0. The van der Waals surface area contributed by atoms with Gasteiger partial charge in [0.15, 0.2) is 0 Å². The van der Waals surface area contributed by atoms with Gasteiger partial charge < -0.3 is 10.1 Å². The molecule has 0 unspecified atom stereocenters. The van der Waals surface area contributed by atoms with Gasteiger partial charge in [-0.2, -0.15) is 0 Å². The molecule has 3 nitrogen and oxygen atoms in total. The van der Waals surface area contributed by atoms with Crippen molar-refractivity contribution in [1.29, 1.82) is 0 Å². The zero-order valence-electron chi connectivity index (χ0n) is 13.2. The quantitative estimate of drug-likeness (QED) is 0.499. The molecule has 0 atom stereocenters. The van der Waals surface area contributed by atoms with Crippen molar-refractivity contribution in [3.63, 3.8) is 0 Å². The smallest absolute Gasteiger partial charge is 0.139 e. The molecule has 2 heterocycles. The number of hydrogen-bond donors (Lipinski definition) is 2. The van der Waals surface area contributed by atoms with Crippen molar-refractivity contribution in [2.45, 2.75) is 16.4 Å². The van der Waals surface area contributed by atoms with E-state index in [1.54, 1.807) is 18.0 Å². The maximum Gasteiger partial charge on any atom is 0.139 e. The standard InChI is InChI=1S/C20H15ClN2OS/c21-15-4-6-16(7-5-15)25-18-11-23-20-19(18)17(8-9-22-20)14-3-1-2-13(10-14)12-24/h1-11,24H,12H2,(H,22,23). The number of hydrogen-bond acceptors (Lipinski definition) is 3. The summed E-state index contributed by atoms with van der Waals surface area (Å²) in [5, 5.41) is 11.2. The number of aliphatic hydroxyl groups excluding tert-OH is 1. The molecule has 0 fully saturated rings. The molecule has 0 bridgehead atoms. The van der Waals surface area contributed by atoms with E-state index in [2.05, 4.69) is 16.0 Å². The second-order valence-corrected chi connectivity index (χ2v) is 7.20. The molecule has 2 aromatic carbocycles. The third kappa shape index (κ3) is 3.29. The number of aliphatic hydroxyl groups is 1. The minimum atomic E-state index is 0.0294. The molecule has 0 amide bonds. The Bertz CT molecular complexity index is 1030. The van der Waals surface area contributed by atoms with Gasteiger partial charge in [0.2, 0.25) is 0 Å². The second-order valence-electron chi connectivity index (χ2n) is 5.65. The summed E-state index contributed by atoms with van der Waals surface area (Å²) >= 11 is 7.65. The predicted molar refractivity (Wildman–Crippen MR) is 103 cm³/mol. The summed E-state index contributed by atoms with van der Waals surface area (Å²) in [5.41, 5.74) is 3.91. The van der Waals surface area contributed by atoms with Crippen LogP contribution in [-0.4, -0.2) is 15.1 Å². The largest absolute Gasteiger partial charge is 0.392 e. The van der Waals surface area contributed by atoms with Crippen molar-refractivity contribution < 1.29 is 5.11 Å². The molecule has 4 aromatic rings. The van der Waals surface area contributed by atoms with Crippen LogP contribution in [0.2, 0.25) is 5.02 Å². The number of pyridine rings is 1. The number of fused-ring (bicyclic) bond motifs is 1. The van der Waals surface area contributed by atoms with Gasteiger partial charge >= 0.3 is 0 Å². The first-order valence-corrected chi connectivity index (χ1v) is 9.04. The van der Waals surface area contributed by atoms with Crippen molar-refractivity contribution in [1.82, 2.24) is 9.97 Å². The average molecular weight is 367 g/mol. The molecule has 0 radical (unpaired) electrons. The van der Waals surface area contributed by atoms with E-state index in [9.17, 15) is 5.11 Å². The molecule has 2 aromatic heterocycles. The molecule has 0 aliphatic carbocycles. The van der Waals surface area contributed by atoms with Gasteiger partial charge in [0.1, 0.15) is 5.65 Å². The molecular formula is C20H15ClN2OS. The Hall–Kier alpha value is -2.27. The number of aromatic amines is 1. The molecule has 25 heavy (non-hydrogen) atoms. The zero-order chi connectivity index (χ0) is 17.2. The van der Waals surface area contributed by atoms with Crippen LogP contribution in [0.1, 0.15) is 5.56 Å². The van der Waals surface area contributed by atoms with E-state index in [4.69, 9.17) is 11.6 Å². The third-order valence-electron chi connectivity index (χ3n) is 4.00. The molecule has 0 aliphatic heterocycles. The first kappa shape index (κ1) is 16.2. The predicted octanol–water partition coefficient (Wildman–Crippen LogP) is 5.53. The summed E-state index contributed by atoms with van der Waals surface area (Å²) in [6.07, 6.45) is 3.78. The fourth-order valence-corrected chi connectivity index (χ4v) is 3.89. The summed E-state index contributed by atoms with van der Waals surface area (Å²) in [5.74, 6) is 0. The first-order chi connectivity index (χ1) is 12.2. The molecule has 5 heteroatoms. The van der Waals surface area contributed by atoms with Crippen LogP contribution >= 0.6 is 23.4 Å². The maximum atomic E-state index is 9.42. The van der Waals surface area contributed by atoms with Gasteiger partial charge in [-0.1, -0.05) is 41.6 Å². The highest BCUT2D eigenvalue weighted by Crippen LogP contribution is 2.38. The van der Waals surface area contributed by atoms with Gasteiger partial charge in [0.25, 0.3) is 0 Å². The van der Waals surface area contributed by atoms with E-state index in [0.717, 1.165) is 42.5 Å². The van der Waals surface area contributed by atoms with Crippen molar-refractivity contribution in [2.75, 3.05) is 0 Å². The van der Waals surface area contributed by atoms with E-state index in [1.165, 1.54) is 0 Å². The molecule has 2 N–H and O–H groups in total. The number of nitrogens with one attached hydrogen (secondary N) is 1. The van der Waals surface area contributed by atoms with E-state index in [-0.39, 0.29) is 6.61 Å². The van der Waals surface area contributed by atoms with Crippen LogP contribution in [0.3, 0.4) is 0 Å². The number of nitrogens with zero attached hydrogens (tertiary/aromatic N) is 1. The van der Waals surface area contributed by atoms with Crippen LogP contribution in [0.5, 0.6) is 0 Å². The van der Waals surface area contributed by atoms with Gasteiger partial charge in [-0.05, 0) is 53.1 Å². The topological polar surface area (TPSA) is 48.9 Å².